The smallest absolute Gasteiger partial charge is 0.123 e. The van der Waals surface area contributed by atoms with Crippen LogP contribution in [-0.4, -0.2) is 39.1 Å². The topological polar surface area (TPSA) is 40.2 Å². The van der Waals surface area contributed by atoms with E-state index in [1.54, 1.807) is 7.11 Å². The van der Waals surface area contributed by atoms with E-state index in [0.29, 0.717) is 13.2 Å². The van der Waals surface area contributed by atoms with Crippen molar-refractivity contribution in [2.75, 3.05) is 26.9 Å². The van der Waals surface area contributed by atoms with Gasteiger partial charge in [-0.15, -0.1) is 0 Å². The van der Waals surface area contributed by atoms with Crippen LogP contribution in [0.4, 0.5) is 0 Å². The zero-order chi connectivity index (χ0) is 18.8. The molecule has 142 valence electrons. The minimum atomic E-state index is -0.0454. The molecule has 25 heavy (non-hydrogen) atoms. The van der Waals surface area contributed by atoms with E-state index in [9.17, 15) is 0 Å². The molecular formula is C21H34O4. The van der Waals surface area contributed by atoms with E-state index in [4.69, 9.17) is 18.9 Å². The third-order valence-corrected chi connectivity index (χ3v) is 4.40. The fourth-order valence-corrected chi connectivity index (χ4v) is 2.59. The summed E-state index contributed by atoms with van der Waals surface area (Å²) >= 11 is 0. The van der Waals surface area contributed by atoms with Crippen molar-refractivity contribution in [3.63, 3.8) is 0 Å². The Morgan fingerprint density at radius 3 is 1.88 bits per heavy atom. The number of benzene rings is 1. The Kier molecular flexibility index (Phi) is 6.05. The average Bonchev–Trinajstić information content (AvgIpc) is 3.32. The number of hydrogen-bond donors (Lipinski definition) is 0. The van der Waals surface area contributed by atoms with E-state index in [-0.39, 0.29) is 23.0 Å². The van der Waals surface area contributed by atoms with Crippen LogP contribution in [0.2, 0.25) is 0 Å². The van der Waals surface area contributed by atoms with Crippen molar-refractivity contribution in [1.29, 1.82) is 0 Å². The maximum absolute atomic E-state index is 6.14. The Morgan fingerprint density at radius 1 is 1.00 bits per heavy atom. The molecule has 0 radical (unpaired) electrons. The molecule has 2 unspecified atom stereocenters. The number of epoxide rings is 1. The first-order valence-electron chi connectivity index (χ1n) is 9.11. The summed E-state index contributed by atoms with van der Waals surface area (Å²) in [6, 6.07) is 4.29. The summed E-state index contributed by atoms with van der Waals surface area (Å²) in [5.41, 5.74) is 2.22. The van der Waals surface area contributed by atoms with Crippen LogP contribution in [0.25, 0.3) is 0 Å². The van der Waals surface area contributed by atoms with E-state index in [1.165, 1.54) is 0 Å². The average molecular weight is 350 g/mol. The summed E-state index contributed by atoms with van der Waals surface area (Å²) in [5.74, 6) is 1.84. The highest BCUT2D eigenvalue weighted by Gasteiger charge is 2.29. The fourth-order valence-electron chi connectivity index (χ4n) is 2.59. The Morgan fingerprint density at radius 2 is 1.48 bits per heavy atom. The number of hydrogen-bond acceptors (Lipinski definition) is 4. The summed E-state index contributed by atoms with van der Waals surface area (Å²) < 4.78 is 22.9. The zero-order valence-electron chi connectivity index (χ0n) is 17.1. The van der Waals surface area contributed by atoms with Gasteiger partial charge in [-0.2, -0.15) is 0 Å². The zero-order valence-corrected chi connectivity index (χ0v) is 17.1. The number of rotatable bonds is 7. The van der Waals surface area contributed by atoms with Gasteiger partial charge in [-0.3, -0.25) is 0 Å². The van der Waals surface area contributed by atoms with Gasteiger partial charge in [0, 0.05) is 18.2 Å². The minimum absolute atomic E-state index is 0.0405. The fraction of sp³-hybridized carbons (Fsp3) is 0.714. The predicted octanol–water partition coefficient (Wildman–Crippen LogP) is 4.47. The molecule has 1 aliphatic heterocycles. The first-order valence-corrected chi connectivity index (χ1v) is 9.11. The molecule has 4 nitrogen and oxygen atoms in total. The monoisotopic (exact) mass is 350 g/mol. The van der Waals surface area contributed by atoms with Crippen molar-refractivity contribution in [3.05, 3.63) is 23.3 Å². The Bertz CT molecular complexity index is 577. The highest BCUT2D eigenvalue weighted by molar-refractivity contribution is 5.51. The van der Waals surface area contributed by atoms with Crippen molar-refractivity contribution in [2.45, 2.75) is 71.5 Å². The largest absolute Gasteiger partial charge is 0.491 e. The quantitative estimate of drug-likeness (QED) is 0.680. The van der Waals surface area contributed by atoms with Crippen LogP contribution in [0.3, 0.4) is 0 Å². The van der Waals surface area contributed by atoms with Crippen LogP contribution >= 0.6 is 0 Å². The van der Waals surface area contributed by atoms with Crippen LogP contribution < -0.4 is 9.47 Å². The van der Waals surface area contributed by atoms with E-state index in [1.807, 2.05) is 6.92 Å². The summed E-state index contributed by atoms with van der Waals surface area (Å²) in [7, 11) is 1.70. The lowest BCUT2D eigenvalue weighted by molar-refractivity contribution is 0.0708. The molecule has 1 aromatic rings. The molecule has 4 heteroatoms. The molecule has 1 aliphatic rings. The van der Waals surface area contributed by atoms with E-state index >= 15 is 0 Å². The third-order valence-electron chi connectivity index (χ3n) is 4.40. The lowest BCUT2D eigenvalue weighted by Gasteiger charge is -2.29. The van der Waals surface area contributed by atoms with Crippen LogP contribution in [0.5, 0.6) is 11.5 Å². The van der Waals surface area contributed by atoms with Crippen molar-refractivity contribution in [2.24, 2.45) is 0 Å². The van der Waals surface area contributed by atoms with Gasteiger partial charge in [0.1, 0.15) is 30.8 Å². The van der Waals surface area contributed by atoms with Crippen molar-refractivity contribution in [1.82, 2.24) is 0 Å². The van der Waals surface area contributed by atoms with Crippen LogP contribution in [0.15, 0.2) is 12.1 Å². The molecule has 2 rings (SSSR count). The Balaban J connectivity index is 2.41. The lowest BCUT2D eigenvalue weighted by Crippen LogP contribution is -2.22. The highest BCUT2D eigenvalue weighted by Crippen LogP contribution is 2.41. The van der Waals surface area contributed by atoms with Gasteiger partial charge in [0.05, 0.1) is 12.7 Å². The van der Waals surface area contributed by atoms with Crippen LogP contribution in [0, 0.1) is 0 Å². The van der Waals surface area contributed by atoms with E-state index in [2.05, 4.69) is 53.7 Å². The molecule has 0 aromatic heterocycles. The molecule has 1 fully saturated rings. The van der Waals surface area contributed by atoms with Gasteiger partial charge in [-0.25, -0.2) is 0 Å². The summed E-state index contributed by atoms with van der Waals surface area (Å²) in [5, 5.41) is 0. The third kappa shape index (κ3) is 5.61. The molecule has 0 spiro atoms. The van der Waals surface area contributed by atoms with Crippen molar-refractivity contribution < 1.29 is 18.9 Å². The SMILES string of the molecule is COC(C)COc1cc(C(C)(C)C)c(OCC2CO2)cc1C(C)(C)C. The lowest BCUT2D eigenvalue weighted by atomic mass is 9.81. The standard InChI is InChI=1S/C21H34O4/c1-14(22-8)11-24-18-9-17(21(5,6)7)19(25-13-15-12-23-15)10-16(18)20(2,3)4/h9-10,14-15H,11-13H2,1-8H3. The van der Waals surface area contributed by atoms with Gasteiger partial charge in [0.25, 0.3) is 0 Å². The van der Waals surface area contributed by atoms with Gasteiger partial charge in [-0.1, -0.05) is 41.5 Å². The molecule has 0 saturated carbocycles. The molecule has 1 aromatic carbocycles. The molecule has 1 saturated heterocycles. The van der Waals surface area contributed by atoms with E-state index < -0.39 is 0 Å². The molecule has 2 atom stereocenters. The highest BCUT2D eigenvalue weighted by atomic mass is 16.6. The van der Waals surface area contributed by atoms with Gasteiger partial charge < -0.3 is 18.9 Å². The normalized spacial score (nSPS) is 18.8. The van der Waals surface area contributed by atoms with Crippen molar-refractivity contribution in [3.8, 4) is 11.5 Å². The minimum Gasteiger partial charge on any atom is -0.491 e. The van der Waals surface area contributed by atoms with Crippen LogP contribution in [-0.2, 0) is 20.3 Å². The number of methoxy groups -OCH3 is 1. The van der Waals surface area contributed by atoms with Gasteiger partial charge in [0.15, 0.2) is 0 Å². The summed E-state index contributed by atoms with van der Waals surface area (Å²) in [6.45, 7) is 17.1. The van der Waals surface area contributed by atoms with Gasteiger partial charge in [-0.05, 0) is 29.9 Å². The maximum atomic E-state index is 6.14. The number of ether oxygens (including phenoxy) is 4. The maximum Gasteiger partial charge on any atom is 0.123 e. The van der Waals surface area contributed by atoms with Crippen LogP contribution in [0.1, 0.15) is 59.6 Å². The Labute approximate surface area is 152 Å². The van der Waals surface area contributed by atoms with Crippen molar-refractivity contribution >= 4 is 0 Å². The molecule has 1 heterocycles. The molecule has 0 amide bonds. The second-order valence-corrected chi connectivity index (χ2v) is 8.97. The van der Waals surface area contributed by atoms with Gasteiger partial charge in [0.2, 0.25) is 0 Å². The van der Waals surface area contributed by atoms with E-state index in [0.717, 1.165) is 29.2 Å². The first-order chi connectivity index (χ1) is 11.5. The van der Waals surface area contributed by atoms with Gasteiger partial charge >= 0.3 is 0 Å². The molecular weight excluding hydrogens is 316 g/mol. The molecule has 0 aliphatic carbocycles. The Hall–Kier alpha value is -1.26. The summed E-state index contributed by atoms with van der Waals surface area (Å²) in [4.78, 5) is 0. The first kappa shape index (κ1) is 20.1. The molecule has 0 N–H and O–H groups in total. The molecule has 0 bridgehead atoms. The predicted molar refractivity (Wildman–Crippen MR) is 101 cm³/mol. The summed E-state index contributed by atoms with van der Waals surface area (Å²) in [6.07, 6.45) is 0.290. The second kappa shape index (κ2) is 7.55. The second-order valence-electron chi connectivity index (χ2n) is 8.97.